The van der Waals surface area contributed by atoms with Crippen LogP contribution in [0.3, 0.4) is 0 Å². The van der Waals surface area contributed by atoms with Crippen LogP contribution in [0.1, 0.15) is 48.1 Å². The number of nitrogens with zero attached hydrogens (tertiary/aromatic N) is 4. The zero-order valence-corrected chi connectivity index (χ0v) is 26.7. The predicted octanol–water partition coefficient (Wildman–Crippen LogP) is 5.31. The Bertz CT molecular complexity index is 1700. The molecule has 2 aliphatic rings. The Kier molecular flexibility index (Phi) is 8.69. The third-order valence-corrected chi connectivity index (χ3v) is 9.30. The molecule has 12 heteroatoms. The SMILES string of the molecule is Cc1cc(CC(NC(=O)N2CCC(N3Cc4ccccc4NC3=O)CC2)C(=O)OC(C)c2cccnc2I)cc2cn[nH]c12. The van der Waals surface area contributed by atoms with Gasteiger partial charge < -0.3 is 25.2 Å². The summed E-state index contributed by atoms with van der Waals surface area (Å²) >= 11 is 2.12. The average Bonchev–Trinajstić information content (AvgIpc) is 3.50. The van der Waals surface area contributed by atoms with E-state index in [0.717, 1.165) is 42.5 Å². The summed E-state index contributed by atoms with van der Waals surface area (Å²) < 4.78 is 6.64. The summed E-state index contributed by atoms with van der Waals surface area (Å²) in [7, 11) is 0. The topological polar surface area (TPSA) is 133 Å². The van der Waals surface area contributed by atoms with Gasteiger partial charge in [-0.3, -0.25) is 5.10 Å². The molecule has 2 aromatic heterocycles. The number of urea groups is 2. The van der Waals surface area contributed by atoms with Crippen molar-refractivity contribution in [3.05, 3.63) is 86.9 Å². The highest BCUT2D eigenvalue weighted by atomic mass is 127. The Labute approximate surface area is 268 Å². The zero-order chi connectivity index (χ0) is 30.8. The summed E-state index contributed by atoms with van der Waals surface area (Å²) in [6, 6.07) is 14.1. The molecule has 0 spiro atoms. The largest absolute Gasteiger partial charge is 0.456 e. The molecule has 0 aliphatic carbocycles. The summed E-state index contributed by atoms with van der Waals surface area (Å²) in [4.78, 5) is 47.9. The van der Waals surface area contributed by atoms with Crippen molar-refractivity contribution >= 4 is 57.2 Å². The first-order valence-corrected chi connectivity index (χ1v) is 15.8. The number of halogens is 1. The molecule has 4 amide bonds. The molecule has 2 atom stereocenters. The van der Waals surface area contributed by atoms with Crippen LogP contribution < -0.4 is 10.6 Å². The first-order valence-electron chi connectivity index (χ1n) is 14.7. The van der Waals surface area contributed by atoms with Gasteiger partial charge >= 0.3 is 18.0 Å². The molecule has 4 heterocycles. The fourth-order valence-corrected chi connectivity index (χ4v) is 6.80. The predicted molar refractivity (Wildman–Crippen MR) is 174 cm³/mol. The monoisotopic (exact) mass is 707 g/mol. The molecule has 2 unspecified atom stereocenters. The van der Waals surface area contributed by atoms with Crippen molar-refractivity contribution in [3.63, 3.8) is 0 Å². The number of aromatic amines is 1. The molecule has 0 saturated carbocycles. The number of hydrogen-bond acceptors (Lipinski definition) is 6. The fourth-order valence-electron chi connectivity index (χ4n) is 6.02. The van der Waals surface area contributed by atoms with E-state index >= 15 is 0 Å². The maximum absolute atomic E-state index is 13.6. The molecule has 2 aromatic carbocycles. The molecule has 3 N–H and O–H groups in total. The number of piperidine rings is 1. The van der Waals surface area contributed by atoms with Crippen LogP contribution in [0.2, 0.25) is 0 Å². The second-order valence-electron chi connectivity index (χ2n) is 11.3. The minimum atomic E-state index is -0.912. The number of hydrogen-bond donors (Lipinski definition) is 3. The van der Waals surface area contributed by atoms with Gasteiger partial charge in [-0.15, -0.1) is 0 Å². The molecule has 2 aliphatic heterocycles. The van der Waals surface area contributed by atoms with Crippen molar-refractivity contribution in [1.29, 1.82) is 0 Å². The van der Waals surface area contributed by atoms with Crippen LogP contribution in [-0.2, 0) is 22.5 Å². The number of likely N-dealkylation sites (tertiary alicyclic amines) is 1. The Morgan fingerprint density at radius 2 is 1.95 bits per heavy atom. The smallest absolute Gasteiger partial charge is 0.329 e. The maximum Gasteiger partial charge on any atom is 0.329 e. The second-order valence-corrected chi connectivity index (χ2v) is 12.4. The molecule has 44 heavy (non-hydrogen) atoms. The summed E-state index contributed by atoms with van der Waals surface area (Å²) in [5.41, 5.74) is 5.54. The van der Waals surface area contributed by atoms with Crippen molar-refractivity contribution in [2.45, 2.75) is 57.8 Å². The Hall–Kier alpha value is -4.20. The number of H-pyrrole nitrogens is 1. The average molecular weight is 708 g/mol. The molecule has 228 valence electrons. The van der Waals surface area contributed by atoms with Gasteiger partial charge in [0.25, 0.3) is 0 Å². The second kappa shape index (κ2) is 12.8. The van der Waals surface area contributed by atoms with Gasteiger partial charge in [0.2, 0.25) is 0 Å². The number of carbonyl (C=O) groups is 3. The number of aryl methyl sites for hydroxylation is 1. The minimum absolute atomic E-state index is 0.0145. The first-order chi connectivity index (χ1) is 21.3. The van der Waals surface area contributed by atoms with Crippen LogP contribution in [0.25, 0.3) is 10.9 Å². The molecular formula is C32H34IN7O4. The number of ether oxygens (including phenoxy) is 1. The van der Waals surface area contributed by atoms with E-state index in [2.05, 4.69) is 48.4 Å². The fraction of sp³-hybridized carbons (Fsp3) is 0.344. The summed E-state index contributed by atoms with van der Waals surface area (Å²) in [6.07, 6.45) is 4.44. The highest BCUT2D eigenvalue weighted by Gasteiger charge is 2.34. The number of anilines is 1. The van der Waals surface area contributed by atoms with E-state index in [1.165, 1.54) is 0 Å². The molecule has 0 bridgehead atoms. The lowest BCUT2D eigenvalue weighted by Gasteiger charge is -2.40. The van der Waals surface area contributed by atoms with Crippen molar-refractivity contribution in [3.8, 4) is 0 Å². The van der Waals surface area contributed by atoms with E-state index in [-0.39, 0.29) is 24.5 Å². The molecule has 4 aromatic rings. The number of aromatic nitrogens is 3. The standard InChI is InChI=1S/C32H34IN7O4/c1-19-14-21(15-23-17-35-38-28(19)23)16-27(30(41)44-20(2)25-7-5-11-34-29(25)33)37-31(42)39-12-9-24(10-13-39)40-18-22-6-3-4-8-26(22)36-32(40)43/h3-8,11,14-15,17,20,24,27H,9-10,12-13,16,18H2,1-2H3,(H,35,38)(H,36,43)(H,37,42). The number of benzene rings is 2. The Morgan fingerprint density at radius 3 is 2.75 bits per heavy atom. The van der Waals surface area contributed by atoms with E-state index in [4.69, 9.17) is 4.74 Å². The first kappa shape index (κ1) is 29.9. The number of rotatable bonds is 7. The van der Waals surface area contributed by atoms with Gasteiger partial charge in [-0.1, -0.05) is 30.3 Å². The normalized spacial score (nSPS) is 16.7. The van der Waals surface area contributed by atoms with Crippen LogP contribution in [0.4, 0.5) is 15.3 Å². The number of fused-ring (bicyclic) bond motifs is 2. The zero-order valence-electron chi connectivity index (χ0n) is 24.5. The van der Waals surface area contributed by atoms with Gasteiger partial charge in [-0.25, -0.2) is 19.4 Å². The van der Waals surface area contributed by atoms with Gasteiger partial charge in [0.1, 0.15) is 15.8 Å². The lowest BCUT2D eigenvalue weighted by molar-refractivity contribution is -0.151. The molecule has 6 rings (SSSR count). The van der Waals surface area contributed by atoms with Crippen LogP contribution in [0.15, 0.2) is 60.9 Å². The molecule has 1 fully saturated rings. The van der Waals surface area contributed by atoms with Gasteiger partial charge in [0.05, 0.1) is 11.7 Å². The van der Waals surface area contributed by atoms with Crippen LogP contribution in [0, 0.1) is 10.6 Å². The van der Waals surface area contributed by atoms with Crippen molar-refractivity contribution in [2.24, 2.45) is 0 Å². The number of pyridine rings is 1. The van der Waals surface area contributed by atoms with E-state index in [1.807, 2.05) is 54.3 Å². The van der Waals surface area contributed by atoms with Crippen LogP contribution in [0.5, 0.6) is 0 Å². The maximum atomic E-state index is 13.6. The van der Waals surface area contributed by atoms with Crippen LogP contribution in [-0.4, -0.2) is 68.2 Å². The van der Waals surface area contributed by atoms with Gasteiger partial charge in [0, 0.05) is 54.9 Å². The van der Waals surface area contributed by atoms with Crippen molar-refractivity contribution in [1.82, 2.24) is 30.3 Å². The Balaban J connectivity index is 1.14. The van der Waals surface area contributed by atoms with Gasteiger partial charge in [-0.05, 0) is 84.2 Å². The van der Waals surface area contributed by atoms with Gasteiger partial charge in [0.15, 0.2) is 0 Å². The quantitative estimate of drug-likeness (QED) is 0.136. The van der Waals surface area contributed by atoms with E-state index in [0.29, 0.717) is 32.5 Å². The molecule has 1 saturated heterocycles. The molecule has 11 nitrogen and oxygen atoms in total. The van der Waals surface area contributed by atoms with E-state index in [1.54, 1.807) is 30.3 Å². The van der Waals surface area contributed by atoms with Crippen LogP contribution >= 0.6 is 22.6 Å². The summed E-state index contributed by atoms with van der Waals surface area (Å²) in [6.45, 7) is 5.26. The van der Waals surface area contributed by atoms with Crippen molar-refractivity contribution < 1.29 is 19.1 Å². The highest BCUT2D eigenvalue weighted by Crippen LogP contribution is 2.28. The number of para-hydroxylation sites is 1. The number of esters is 1. The van der Waals surface area contributed by atoms with E-state index < -0.39 is 18.1 Å². The third-order valence-electron chi connectivity index (χ3n) is 8.40. The lowest BCUT2D eigenvalue weighted by atomic mass is 10.0. The number of amides is 4. The minimum Gasteiger partial charge on any atom is -0.456 e. The van der Waals surface area contributed by atoms with Crippen molar-refractivity contribution in [2.75, 3.05) is 18.4 Å². The summed E-state index contributed by atoms with van der Waals surface area (Å²) in [5.74, 6) is -0.519. The number of nitrogens with one attached hydrogen (secondary N) is 3. The highest BCUT2D eigenvalue weighted by molar-refractivity contribution is 14.1. The third kappa shape index (κ3) is 6.35. The lowest BCUT2D eigenvalue weighted by Crippen LogP contribution is -2.55. The summed E-state index contributed by atoms with van der Waals surface area (Å²) in [5, 5.41) is 14.0. The molecular weight excluding hydrogens is 673 g/mol. The number of carbonyl (C=O) groups excluding carboxylic acids is 3. The Morgan fingerprint density at radius 1 is 1.16 bits per heavy atom. The molecule has 0 radical (unpaired) electrons. The van der Waals surface area contributed by atoms with Gasteiger partial charge in [-0.2, -0.15) is 5.10 Å². The van der Waals surface area contributed by atoms with E-state index in [9.17, 15) is 14.4 Å².